The van der Waals surface area contributed by atoms with Gasteiger partial charge in [0.25, 0.3) is 5.91 Å². The fraction of sp³-hybridized carbons (Fsp3) is 0.304. The normalized spacial score (nSPS) is 20.7. The highest BCUT2D eigenvalue weighted by molar-refractivity contribution is 6.11. The molecule has 28 heavy (non-hydrogen) atoms. The van der Waals surface area contributed by atoms with E-state index in [2.05, 4.69) is 42.3 Å². The van der Waals surface area contributed by atoms with Crippen LogP contribution >= 0.6 is 0 Å². The van der Waals surface area contributed by atoms with E-state index in [9.17, 15) is 4.79 Å². The van der Waals surface area contributed by atoms with Gasteiger partial charge in [-0.05, 0) is 43.5 Å². The maximum Gasteiger partial charge on any atom is 0.256 e. The number of benzene rings is 2. The van der Waals surface area contributed by atoms with Crippen molar-refractivity contribution in [3.8, 4) is 0 Å². The minimum Gasteiger partial charge on any atom is -0.374 e. The summed E-state index contributed by atoms with van der Waals surface area (Å²) in [6, 6.07) is 14.5. The Labute approximate surface area is 164 Å². The molecule has 2 fully saturated rings. The van der Waals surface area contributed by atoms with Crippen LogP contribution in [0, 0.1) is 13.8 Å². The summed E-state index contributed by atoms with van der Waals surface area (Å²) in [5, 5.41) is 5.36. The summed E-state index contributed by atoms with van der Waals surface area (Å²) >= 11 is 0. The number of hydrogen-bond donors (Lipinski definition) is 1. The highest BCUT2D eigenvalue weighted by atomic mass is 16.5. The molecule has 2 aromatic carbocycles. The Kier molecular flexibility index (Phi) is 4.05. The van der Waals surface area contributed by atoms with Gasteiger partial charge in [-0.1, -0.05) is 30.3 Å². The maximum absolute atomic E-state index is 13.3. The first-order valence-corrected chi connectivity index (χ1v) is 9.75. The van der Waals surface area contributed by atoms with Crippen LogP contribution in [0.3, 0.4) is 0 Å². The number of nitrogens with one attached hydrogen (secondary N) is 1. The van der Waals surface area contributed by atoms with E-state index in [-0.39, 0.29) is 18.1 Å². The van der Waals surface area contributed by atoms with Crippen molar-refractivity contribution in [1.29, 1.82) is 0 Å². The zero-order valence-corrected chi connectivity index (χ0v) is 16.1. The summed E-state index contributed by atoms with van der Waals surface area (Å²) in [4.78, 5) is 19.9. The Morgan fingerprint density at radius 3 is 2.82 bits per heavy atom. The fourth-order valence-electron chi connectivity index (χ4n) is 4.41. The van der Waals surface area contributed by atoms with Gasteiger partial charge in [0, 0.05) is 29.2 Å². The van der Waals surface area contributed by atoms with Crippen molar-refractivity contribution in [3.63, 3.8) is 0 Å². The number of morpholine rings is 1. The van der Waals surface area contributed by atoms with Gasteiger partial charge in [0.05, 0.1) is 24.3 Å². The van der Waals surface area contributed by atoms with Crippen LogP contribution in [0.2, 0.25) is 0 Å². The second-order valence-electron chi connectivity index (χ2n) is 7.81. The second kappa shape index (κ2) is 6.60. The van der Waals surface area contributed by atoms with Crippen molar-refractivity contribution in [2.75, 3.05) is 18.5 Å². The number of carbonyl (C=O) groups excluding carboxylic acids is 1. The van der Waals surface area contributed by atoms with E-state index in [1.54, 1.807) is 6.20 Å². The van der Waals surface area contributed by atoms with E-state index in [0.29, 0.717) is 18.7 Å². The number of ether oxygens (including phenoxy) is 1. The summed E-state index contributed by atoms with van der Waals surface area (Å²) in [6.45, 7) is 5.44. The van der Waals surface area contributed by atoms with Crippen molar-refractivity contribution in [2.24, 2.45) is 0 Å². The molecule has 0 saturated carbocycles. The number of aromatic nitrogens is 1. The molecule has 5 heteroatoms. The SMILES string of the molecule is Cc1cccc(Nc2ncc(C(=O)N3CC4CC3CO4)c3c(C)cccc23)c1. The third-order valence-electron chi connectivity index (χ3n) is 5.79. The Bertz CT molecular complexity index is 1080. The predicted octanol–water partition coefficient (Wildman–Crippen LogP) is 4.21. The molecule has 1 aromatic heterocycles. The monoisotopic (exact) mass is 373 g/mol. The van der Waals surface area contributed by atoms with Crippen molar-refractivity contribution < 1.29 is 9.53 Å². The summed E-state index contributed by atoms with van der Waals surface area (Å²) in [6.07, 6.45) is 2.86. The average molecular weight is 373 g/mol. The Hall–Kier alpha value is -2.92. The highest BCUT2D eigenvalue weighted by Gasteiger charge is 2.42. The largest absolute Gasteiger partial charge is 0.374 e. The van der Waals surface area contributed by atoms with Gasteiger partial charge in [-0.15, -0.1) is 0 Å². The quantitative estimate of drug-likeness (QED) is 0.747. The summed E-state index contributed by atoms with van der Waals surface area (Å²) in [7, 11) is 0. The number of aryl methyl sites for hydroxylation is 2. The van der Waals surface area contributed by atoms with E-state index in [4.69, 9.17) is 4.74 Å². The molecule has 2 aliphatic heterocycles. The zero-order valence-electron chi connectivity index (χ0n) is 16.1. The van der Waals surface area contributed by atoms with E-state index >= 15 is 0 Å². The maximum atomic E-state index is 13.3. The summed E-state index contributed by atoms with van der Waals surface area (Å²) in [5.74, 6) is 0.830. The van der Waals surface area contributed by atoms with Gasteiger partial charge < -0.3 is 15.0 Å². The summed E-state index contributed by atoms with van der Waals surface area (Å²) < 4.78 is 5.65. The Balaban J connectivity index is 1.57. The lowest BCUT2D eigenvalue weighted by atomic mass is 10.0. The zero-order chi connectivity index (χ0) is 19.3. The smallest absolute Gasteiger partial charge is 0.256 e. The number of fused-ring (bicyclic) bond motifs is 3. The van der Waals surface area contributed by atoms with Gasteiger partial charge in [-0.25, -0.2) is 4.98 Å². The van der Waals surface area contributed by atoms with Crippen LogP contribution in [0.5, 0.6) is 0 Å². The van der Waals surface area contributed by atoms with Gasteiger partial charge in [-0.3, -0.25) is 4.79 Å². The molecule has 142 valence electrons. The van der Waals surface area contributed by atoms with E-state index in [0.717, 1.165) is 34.3 Å². The lowest BCUT2D eigenvalue weighted by Crippen LogP contribution is -2.41. The van der Waals surface area contributed by atoms with Crippen LogP contribution in [-0.4, -0.2) is 41.1 Å². The number of nitrogens with zero attached hydrogens (tertiary/aromatic N) is 2. The van der Waals surface area contributed by atoms with Crippen molar-refractivity contribution in [1.82, 2.24) is 9.88 Å². The first-order chi connectivity index (χ1) is 13.6. The van der Waals surface area contributed by atoms with Crippen LogP contribution in [-0.2, 0) is 4.74 Å². The Morgan fingerprint density at radius 1 is 1.21 bits per heavy atom. The minimum absolute atomic E-state index is 0.0599. The highest BCUT2D eigenvalue weighted by Crippen LogP contribution is 2.33. The molecule has 0 radical (unpaired) electrons. The number of pyridine rings is 1. The fourth-order valence-corrected chi connectivity index (χ4v) is 4.41. The van der Waals surface area contributed by atoms with Gasteiger partial charge in [-0.2, -0.15) is 0 Å². The molecule has 2 bridgehead atoms. The molecule has 2 atom stereocenters. The van der Waals surface area contributed by atoms with Crippen molar-refractivity contribution in [2.45, 2.75) is 32.4 Å². The lowest BCUT2D eigenvalue weighted by molar-refractivity contribution is 0.0260. The minimum atomic E-state index is 0.0599. The van der Waals surface area contributed by atoms with Gasteiger partial charge in [0.15, 0.2) is 0 Å². The second-order valence-corrected chi connectivity index (χ2v) is 7.81. The molecule has 2 unspecified atom stereocenters. The molecule has 2 aliphatic rings. The molecule has 0 spiro atoms. The van der Waals surface area contributed by atoms with Crippen molar-refractivity contribution in [3.05, 3.63) is 65.4 Å². The van der Waals surface area contributed by atoms with E-state index in [1.807, 2.05) is 29.2 Å². The molecule has 2 saturated heterocycles. The first-order valence-electron chi connectivity index (χ1n) is 9.75. The number of hydrogen-bond acceptors (Lipinski definition) is 4. The third-order valence-corrected chi connectivity index (χ3v) is 5.79. The van der Waals surface area contributed by atoms with E-state index in [1.165, 1.54) is 5.56 Å². The number of amides is 1. The molecule has 1 amide bonds. The molecular formula is C23H23N3O2. The van der Waals surface area contributed by atoms with Gasteiger partial charge in [0.2, 0.25) is 0 Å². The molecule has 1 N–H and O–H groups in total. The molecule has 5 nitrogen and oxygen atoms in total. The number of rotatable bonds is 3. The molecule has 0 aliphatic carbocycles. The van der Waals surface area contributed by atoms with Gasteiger partial charge >= 0.3 is 0 Å². The first kappa shape index (κ1) is 17.2. The lowest BCUT2D eigenvalue weighted by Gasteiger charge is -2.27. The Morgan fingerprint density at radius 2 is 2.07 bits per heavy atom. The topological polar surface area (TPSA) is 54.5 Å². The average Bonchev–Trinajstić information content (AvgIpc) is 3.32. The molecular weight excluding hydrogens is 350 g/mol. The van der Waals surface area contributed by atoms with Crippen LogP contribution in [0.1, 0.15) is 27.9 Å². The third kappa shape index (κ3) is 2.83. The van der Waals surface area contributed by atoms with Crippen LogP contribution in [0.15, 0.2) is 48.7 Å². The van der Waals surface area contributed by atoms with Crippen LogP contribution < -0.4 is 5.32 Å². The summed E-state index contributed by atoms with van der Waals surface area (Å²) in [5.41, 5.74) is 3.93. The number of anilines is 2. The van der Waals surface area contributed by atoms with Crippen molar-refractivity contribution >= 4 is 28.2 Å². The van der Waals surface area contributed by atoms with E-state index < -0.39 is 0 Å². The molecule has 5 rings (SSSR count). The van der Waals surface area contributed by atoms with Gasteiger partial charge in [0.1, 0.15) is 5.82 Å². The van der Waals surface area contributed by atoms with Crippen LogP contribution in [0.4, 0.5) is 11.5 Å². The predicted molar refractivity (Wildman–Crippen MR) is 110 cm³/mol. The molecule has 3 aromatic rings. The standard InChI is InChI=1S/C23H23N3O2/c1-14-5-3-7-16(9-14)25-22-19-8-4-6-15(2)21(19)20(11-24-22)23(27)26-12-18-10-17(26)13-28-18/h3-9,11,17-18H,10,12-13H2,1-2H3,(H,24,25). The molecule has 3 heterocycles. The number of likely N-dealkylation sites (tertiary alicyclic amines) is 1. The number of carbonyl (C=O) groups is 1. The van der Waals surface area contributed by atoms with Crippen LogP contribution in [0.25, 0.3) is 10.8 Å².